The van der Waals surface area contributed by atoms with E-state index in [4.69, 9.17) is 0 Å². The summed E-state index contributed by atoms with van der Waals surface area (Å²) in [5.41, 5.74) is 2.00. The van der Waals surface area contributed by atoms with Crippen LogP contribution in [-0.2, 0) is 4.79 Å². The fourth-order valence-corrected chi connectivity index (χ4v) is 3.18. The highest BCUT2D eigenvalue weighted by molar-refractivity contribution is 8.18. The number of nitro benzene ring substituents is 1. The molecule has 1 aromatic heterocycles. The minimum atomic E-state index is -0.515. The number of aromatic nitrogens is 2. The Morgan fingerprint density at radius 2 is 2.00 bits per heavy atom. The van der Waals surface area contributed by atoms with Gasteiger partial charge in [-0.25, -0.2) is 9.62 Å². The van der Waals surface area contributed by atoms with Crippen molar-refractivity contribution in [2.45, 2.75) is 0 Å². The molecule has 2 heterocycles. The average Bonchev–Trinajstić information content (AvgIpc) is 3.21. The first-order valence-corrected chi connectivity index (χ1v) is 8.17. The van der Waals surface area contributed by atoms with Gasteiger partial charge in [-0.2, -0.15) is 0 Å². The number of fused-ring (bicyclic) bond motifs is 1. The van der Waals surface area contributed by atoms with Crippen LogP contribution < -0.4 is 5.32 Å². The van der Waals surface area contributed by atoms with Gasteiger partial charge in [-0.1, -0.05) is 18.2 Å². The highest BCUT2D eigenvalue weighted by Crippen LogP contribution is 2.32. The summed E-state index contributed by atoms with van der Waals surface area (Å²) in [6.45, 7) is 0. The van der Waals surface area contributed by atoms with Crippen molar-refractivity contribution < 1.29 is 14.3 Å². The van der Waals surface area contributed by atoms with Crippen molar-refractivity contribution in [2.75, 3.05) is 0 Å². The highest BCUT2D eigenvalue weighted by Gasteiger charge is 2.25. The zero-order chi connectivity index (χ0) is 18.1. The van der Waals surface area contributed by atoms with Gasteiger partial charge in [0, 0.05) is 6.07 Å². The number of carbonyl (C=O) groups is 1. The van der Waals surface area contributed by atoms with Gasteiger partial charge in [0.15, 0.2) is 5.17 Å². The lowest BCUT2D eigenvalue weighted by Gasteiger charge is -1.98. The minimum Gasteiger partial charge on any atom is -0.300 e. The van der Waals surface area contributed by atoms with E-state index in [2.05, 4.69) is 25.3 Å². The van der Waals surface area contributed by atoms with E-state index in [-0.39, 0.29) is 22.4 Å². The molecule has 128 valence electrons. The fourth-order valence-electron chi connectivity index (χ4n) is 2.34. The van der Waals surface area contributed by atoms with Gasteiger partial charge in [0.1, 0.15) is 16.7 Å². The maximum Gasteiger partial charge on any atom is 0.294 e. The zero-order valence-electron chi connectivity index (χ0n) is 12.9. The molecule has 0 saturated carbocycles. The third kappa shape index (κ3) is 3.05. The Kier molecular flexibility index (Phi) is 3.93. The highest BCUT2D eigenvalue weighted by atomic mass is 32.2. The Hall–Kier alpha value is -3.53. The van der Waals surface area contributed by atoms with Crippen molar-refractivity contribution in [1.82, 2.24) is 15.6 Å². The van der Waals surface area contributed by atoms with Crippen molar-refractivity contribution in [3.63, 3.8) is 0 Å². The van der Waals surface area contributed by atoms with E-state index in [0.29, 0.717) is 15.9 Å². The van der Waals surface area contributed by atoms with E-state index < -0.39 is 4.92 Å². The third-order valence-electron chi connectivity index (χ3n) is 3.53. The molecular formula is C16H9N5O4S. The van der Waals surface area contributed by atoms with Crippen LogP contribution in [0.5, 0.6) is 0 Å². The summed E-state index contributed by atoms with van der Waals surface area (Å²) in [4.78, 5) is 27.3. The maximum atomic E-state index is 12.2. The van der Waals surface area contributed by atoms with Gasteiger partial charge in [0.05, 0.1) is 9.83 Å². The van der Waals surface area contributed by atoms with Gasteiger partial charge in [-0.15, -0.1) is 0 Å². The number of thioether (sulfide) groups is 1. The number of amidine groups is 1. The molecule has 0 aliphatic carbocycles. The Morgan fingerprint density at radius 3 is 2.85 bits per heavy atom. The summed E-state index contributed by atoms with van der Waals surface area (Å²) in [6, 6.07) is 11.3. The first-order valence-electron chi connectivity index (χ1n) is 7.35. The topological polar surface area (TPSA) is 124 Å². The van der Waals surface area contributed by atoms with E-state index in [1.165, 1.54) is 12.1 Å². The second-order valence-corrected chi connectivity index (χ2v) is 6.27. The second-order valence-electron chi connectivity index (χ2n) is 5.24. The third-order valence-corrected chi connectivity index (χ3v) is 4.44. The number of para-hydroxylation sites is 2. The predicted octanol–water partition coefficient (Wildman–Crippen LogP) is 3.02. The number of hydrogen-bond donors (Lipinski definition) is 1. The number of benzene rings is 2. The Labute approximate surface area is 149 Å². The first-order chi connectivity index (χ1) is 12.6. The SMILES string of the molecule is O=C1NC(=Nc2ccccc2[N+](=O)[O-])SC1=Cc1ccc2nonc2c1. The number of hydrogen-bond acceptors (Lipinski definition) is 8. The molecule has 1 aliphatic heterocycles. The molecule has 0 bridgehead atoms. The summed E-state index contributed by atoms with van der Waals surface area (Å²) in [6.07, 6.45) is 1.68. The normalized spacial score (nSPS) is 17.2. The van der Waals surface area contributed by atoms with Crippen LogP contribution >= 0.6 is 11.8 Å². The van der Waals surface area contributed by atoms with E-state index in [9.17, 15) is 14.9 Å². The van der Waals surface area contributed by atoms with Crippen molar-refractivity contribution in [1.29, 1.82) is 0 Å². The van der Waals surface area contributed by atoms with Gasteiger partial charge in [0.2, 0.25) is 0 Å². The molecule has 1 fully saturated rings. The molecule has 10 heteroatoms. The van der Waals surface area contributed by atoms with Crippen molar-refractivity contribution in [3.05, 3.63) is 63.0 Å². The van der Waals surface area contributed by atoms with E-state index in [1.54, 1.807) is 36.4 Å². The van der Waals surface area contributed by atoms with E-state index >= 15 is 0 Å². The molecule has 0 atom stereocenters. The summed E-state index contributed by atoms with van der Waals surface area (Å²) in [5.74, 6) is -0.328. The van der Waals surface area contributed by atoms with Crippen LogP contribution in [0.1, 0.15) is 5.56 Å². The lowest BCUT2D eigenvalue weighted by atomic mass is 10.2. The molecule has 0 unspecified atom stereocenters. The quantitative estimate of drug-likeness (QED) is 0.429. The summed E-state index contributed by atoms with van der Waals surface area (Å²) in [7, 11) is 0. The van der Waals surface area contributed by atoms with Crippen LogP contribution in [0.15, 0.2) is 57.0 Å². The largest absolute Gasteiger partial charge is 0.300 e. The smallest absolute Gasteiger partial charge is 0.294 e. The number of nitrogens with one attached hydrogen (secondary N) is 1. The zero-order valence-corrected chi connectivity index (χ0v) is 13.8. The summed E-state index contributed by atoms with van der Waals surface area (Å²) in [5, 5.41) is 21.4. The first kappa shape index (κ1) is 16.0. The standard InChI is InChI=1S/C16H9N5O4S/c22-15-14(8-9-5-6-10-12(7-9)20-25-19-10)26-16(18-15)17-11-3-1-2-4-13(11)21(23)24/h1-8H,(H,17,18,22). The molecule has 0 spiro atoms. The second kappa shape index (κ2) is 6.41. The lowest BCUT2D eigenvalue weighted by molar-refractivity contribution is -0.384. The minimum absolute atomic E-state index is 0.128. The van der Waals surface area contributed by atoms with Gasteiger partial charge >= 0.3 is 0 Å². The fraction of sp³-hybridized carbons (Fsp3) is 0. The van der Waals surface area contributed by atoms with Gasteiger partial charge < -0.3 is 5.32 Å². The summed E-state index contributed by atoms with van der Waals surface area (Å²) >= 11 is 1.10. The Balaban J connectivity index is 1.63. The number of carbonyl (C=O) groups excluding carboxylic acids is 1. The molecule has 26 heavy (non-hydrogen) atoms. The Bertz CT molecular complexity index is 1100. The van der Waals surface area contributed by atoms with E-state index in [1.807, 2.05) is 0 Å². The van der Waals surface area contributed by atoms with Crippen LogP contribution in [0.25, 0.3) is 17.1 Å². The van der Waals surface area contributed by atoms with Crippen LogP contribution in [-0.4, -0.2) is 26.3 Å². The maximum absolute atomic E-state index is 12.2. The molecule has 1 N–H and O–H groups in total. The van der Waals surface area contributed by atoms with Gasteiger partial charge in [-0.05, 0) is 51.9 Å². The van der Waals surface area contributed by atoms with Crippen LogP contribution in [0, 0.1) is 10.1 Å². The molecule has 1 saturated heterocycles. The lowest BCUT2D eigenvalue weighted by Crippen LogP contribution is -2.19. The van der Waals surface area contributed by atoms with Crippen molar-refractivity contribution in [3.8, 4) is 0 Å². The number of nitrogens with zero attached hydrogens (tertiary/aromatic N) is 4. The predicted molar refractivity (Wildman–Crippen MR) is 95.7 cm³/mol. The van der Waals surface area contributed by atoms with E-state index in [0.717, 1.165) is 17.3 Å². The van der Waals surface area contributed by atoms with Crippen LogP contribution in [0.4, 0.5) is 11.4 Å². The molecule has 1 amide bonds. The van der Waals surface area contributed by atoms with Crippen molar-refractivity contribution in [2.24, 2.45) is 4.99 Å². The molecule has 0 radical (unpaired) electrons. The molecule has 3 aromatic rings. The molecule has 9 nitrogen and oxygen atoms in total. The Morgan fingerprint density at radius 1 is 1.19 bits per heavy atom. The van der Waals surface area contributed by atoms with Gasteiger partial charge in [-0.3, -0.25) is 14.9 Å². The number of aliphatic imine (C=N–C) groups is 1. The molecule has 1 aliphatic rings. The number of amides is 1. The van der Waals surface area contributed by atoms with Crippen LogP contribution in [0.2, 0.25) is 0 Å². The average molecular weight is 367 g/mol. The molecule has 2 aromatic carbocycles. The monoisotopic (exact) mass is 367 g/mol. The molecule has 4 rings (SSSR count). The summed E-state index contributed by atoms with van der Waals surface area (Å²) < 4.78 is 4.65. The molecular weight excluding hydrogens is 358 g/mol. The van der Waals surface area contributed by atoms with Crippen molar-refractivity contribution >= 4 is 51.3 Å². The van der Waals surface area contributed by atoms with Crippen LogP contribution in [0.3, 0.4) is 0 Å². The number of nitro groups is 1. The number of rotatable bonds is 3. The van der Waals surface area contributed by atoms with Gasteiger partial charge in [0.25, 0.3) is 11.6 Å².